The molecule has 2 aliphatic heterocycles. The number of rotatable bonds is 7. The fourth-order valence-corrected chi connectivity index (χ4v) is 8.92. The largest absolute Gasteiger partial charge is 0.465 e. The Morgan fingerprint density at radius 1 is 0.873 bits per heavy atom. The van der Waals surface area contributed by atoms with Crippen molar-refractivity contribution >= 4 is 61.7 Å². The van der Waals surface area contributed by atoms with Gasteiger partial charge in [-0.3, -0.25) is 29.0 Å². The van der Waals surface area contributed by atoms with Gasteiger partial charge in [0.15, 0.2) is 12.0 Å². The van der Waals surface area contributed by atoms with Crippen LogP contribution in [-0.4, -0.2) is 81.9 Å². The van der Waals surface area contributed by atoms with Crippen LogP contribution in [0.1, 0.15) is 64.2 Å². The fraction of sp³-hybridized carbons (Fsp3) is 0.375. The first-order valence-electron chi connectivity index (χ1n) is 18.6. The molecule has 3 aromatic carbocycles. The van der Waals surface area contributed by atoms with Gasteiger partial charge in [0.1, 0.15) is 5.69 Å². The topological polar surface area (TPSA) is 197 Å². The molecule has 3 heterocycles. The van der Waals surface area contributed by atoms with Crippen LogP contribution in [0.2, 0.25) is 0 Å². The molecule has 0 bridgehead atoms. The van der Waals surface area contributed by atoms with Gasteiger partial charge in [0.25, 0.3) is 0 Å². The van der Waals surface area contributed by atoms with E-state index in [9.17, 15) is 32.7 Å². The number of carboxylic acid groups (broad SMARTS) is 1. The van der Waals surface area contributed by atoms with Gasteiger partial charge in [0, 0.05) is 43.2 Å². The minimum absolute atomic E-state index is 0.0746. The number of benzene rings is 3. The molecular weight excluding hydrogens is 725 g/mol. The molecule has 284 valence electrons. The molecule has 4 atom stereocenters. The summed E-state index contributed by atoms with van der Waals surface area (Å²) in [4.78, 5) is 69.4. The second kappa shape index (κ2) is 14.9. The lowest BCUT2D eigenvalue weighted by molar-refractivity contribution is -0.137. The molecule has 14 nitrogen and oxygen atoms in total. The Morgan fingerprint density at radius 3 is 2.40 bits per heavy atom. The number of nitrogens with one attached hydrogen (secondary N) is 2. The number of sulfonamides is 1. The highest BCUT2D eigenvalue weighted by molar-refractivity contribution is 7.90. The first kappa shape index (κ1) is 36.3. The molecule has 1 aromatic heterocycles. The van der Waals surface area contributed by atoms with Crippen LogP contribution in [0, 0.1) is 5.92 Å². The lowest BCUT2D eigenvalue weighted by Gasteiger charge is -2.33. The first-order valence-corrected chi connectivity index (χ1v) is 20.2. The molecule has 1 saturated carbocycles. The van der Waals surface area contributed by atoms with Crippen molar-refractivity contribution in [3.63, 3.8) is 0 Å². The minimum Gasteiger partial charge on any atom is -0.465 e. The van der Waals surface area contributed by atoms with Crippen LogP contribution >= 0.6 is 0 Å². The monoisotopic (exact) mass is 764 g/mol. The van der Waals surface area contributed by atoms with E-state index in [1.807, 2.05) is 60.7 Å². The maximum Gasteiger partial charge on any atom is 0.405 e. The average molecular weight is 765 g/mol. The van der Waals surface area contributed by atoms with Crippen LogP contribution in [0.5, 0.6) is 5.88 Å². The van der Waals surface area contributed by atoms with Gasteiger partial charge >= 0.3 is 6.09 Å². The number of nitrogens with zero attached hydrogens (tertiary/aromatic N) is 4. The molecule has 3 amide bonds. The first-order chi connectivity index (χ1) is 26.6. The van der Waals surface area contributed by atoms with Crippen molar-refractivity contribution in [2.75, 3.05) is 0 Å². The Labute approximate surface area is 317 Å². The van der Waals surface area contributed by atoms with Crippen molar-refractivity contribution in [2.24, 2.45) is 10.9 Å². The fourth-order valence-electron chi connectivity index (χ4n) is 7.57. The van der Waals surface area contributed by atoms with Gasteiger partial charge in [-0.1, -0.05) is 61.0 Å². The Bertz CT molecular complexity index is 2390. The van der Waals surface area contributed by atoms with E-state index < -0.39 is 57.4 Å². The van der Waals surface area contributed by atoms with Gasteiger partial charge in [0.2, 0.25) is 27.7 Å². The maximum absolute atomic E-state index is 14.2. The van der Waals surface area contributed by atoms with Crippen LogP contribution in [-0.2, 0) is 24.4 Å². The number of carbonyl (C=O) groups excluding carboxylic acids is 3. The van der Waals surface area contributed by atoms with Gasteiger partial charge in [0.05, 0.1) is 34.3 Å². The number of aromatic nitrogens is 2. The molecule has 1 saturated heterocycles. The summed E-state index contributed by atoms with van der Waals surface area (Å²) in [5, 5.41) is 13.1. The number of allylic oxidation sites excluding steroid dienone is 2. The molecular formula is C40H40N6O8S. The molecule has 4 aromatic rings. The lowest BCUT2D eigenvalue weighted by Crippen LogP contribution is -2.50. The number of hydrogen-bond donors (Lipinski definition) is 3. The smallest absolute Gasteiger partial charge is 0.405 e. The van der Waals surface area contributed by atoms with Crippen LogP contribution in [0.25, 0.3) is 33.1 Å². The molecule has 15 heteroatoms. The molecule has 2 aliphatic carbocycles. The molecule has 2 fully saturated rings. The molecule has 8 rings (SSSR count). The van der Waals surface area contributed by atoms with Crippen LogP contribution in [0.3, 0.4) is 0 Å². The predicted molar refractivity (Wildman–Crippen MR) is 204 cm³/mol. The SMILES string of the molecule is O=C(O)NC1CCCCC2=C(C2)/N=C\C2[C@@H](C(=O)NS(=O)(=O)C3CC3)CC(=O)N2[C@H](Oc2nc3ccccc3nc2-c2cccc3ccccc23)CCC1=O. The Morgan fingerprint density at radius 2 is 1.62 bits per heavy atom. The second-order valence-electron chi connectivity index (χ2n) is 14.5. The summed E-state index contributed by atoms with van der Waals surface area (Å²) in [6.07, 6.45) is 2.24. The molecule has 55 heavy (non-hydrogen) atoms. The van der Waals surface area contributed by atoms with E-state index in [4.69, 9.17) is 19.7 Å². The highest BCUT2D eigenvalue weighted by Crippen LogP contribution is 2.39. The summed E-state index contributed by atoms with van der Waals surface area (Å²) in [6.45, 7) is 0. The second-order valence-corrected chi connectivity index (χ2v) is 16.5. The van der Waals surface area contributed by atoms with Crippen molar-refractivity contribution in [3.8, 4) is 17.1 Å². The van der Waals surface area contributed by atoms with Crippen molar-refractivity contribution in [1.82, 2.24) is 24.9 Å². The number of ether oxygens (including phenoxy) is 1. The highest BCUT2D eigenvalue weighted by atomic mass is 32.2. The van der Waals surface area contributed by atoms with Crippen molar-refractivity contribution in [1.29, 1.82) is 0 Å². The van der Waals surface area contributed by atoms with Crippen LogP contribution in [0.4, 0.5) is 4.79 Å². The number of carbonyl (C=O) groups is 4. The summed E-state index contributed by atoms with van der Waals surface area (Å²) < 4.78 is 34.8. The Kier molecular flexibility index (Phi) is 9.80. The third-order valence-electron chi connectivity index (χ3n) is 10.7. The number of ketones is 1. The van der Waals surface area contributed by atoms with Gasteiger partial charge in [-0.05, 0) is 60.6 Å². The zero-order valence-corrected chi connectivity index (χ0v) is 30.7. The summed E-state index contributed by atoms with van der Waals surface area (Å²) in [5.41, 5.74) is 4.12. The summed E-state index contributed by atoms with van der Waals surface area (Å²) in [6, 6.07) is 18.8. The summed E-state index contributed by atoms with van der Waals surface area (Å²) in [7, 11) is -3.93. The van der Waals surface area contributed by atoms with E-state index in [1.54, 1.807) is 6.07 Å². The van der Waals surface area contributed by atoms with Crippen molar-refractivity contribution in [3.05, 3.63) is 78.0 Å². The molecule has 3 N–H and O–H groups in total. The standard InChI is InChI=1S/C40H40N6O8S/c47-34-18-19-36(54-39-37(42-29-13-5-6-14-30(29)43-39)27-12-7-10-23-8-1-3-11-26(23)27)46-33(28(21-35(46)48)38(49)45-55(52,53)25-16-17-25)22-41-32-20-24(32)9-2-4-15-31(34)44-40(50)51/h1,3,5-8,10-14,22,25,28,31,33,36,44H,2,4,9,15-21H2,(H,45,49)(H,50,51)/b41-22-/t28-,31?,33?,36+/m0/s1. The predicted octanol–water partition coefficient (Wildman–Crippen LogP) is 5.27. The lowest BCUT2D eigenvalue weighted by atomic mass is 9.99. The third kappa shape index (κ3) is 7.79. The average Bonchev–Trinajstić information content (AvgIpc) is 4.11. The normalized spacial score (nSPS) is 24.0. The van der Waals surface area contributed by atoms with Gasteiger partial charge < -0.3 is 15.2 Å². The van der Waals surface area contributed by atoms with Crippen molar-refractivity contribution < 1.29 is 37.4 Å². The zero-order valence-electron chi connectivity index (χ0n) is 29.9. The summed E-state index contributed by atoms with van der Waals surface area (Å²) >= 11 is 0. The van der Waals surface area contributed by atoms with Gasteiger partial charge in [-0.15, -0.1) is 0 Å². The molecule has 0 radical (unpaired) electrons. The number of hydrogen-bond acceptors (Lipinski definition) is 10. The van der Waals surface area contributed by atoms with Gasteiger partial charge in [-0.2, -0.15) is 0 Å². The number of Topliss-reactive ketones (excluding diaryl/α,β-unsaturated/α-hetero) is 1. The van der Waals surface area contributed by atoms with Gasteiger partial charge in [-0.25, -0.2) is 23.2 Å². The maximum atomic E-state index is 14.2. The van der Waals surface area contributed by atoms with Crippen LogP contribution < -0.4 is 14.8 Å². The third-order valence-corrected chi connectivity index (χ3v) is 12.5. The van der Waals surface area contributed by atoms with E-state index in [2.05, 4.69) is 10.0 Å². The van der Waals surface area contributed by atoms with E-state index in [1.165, 1.54) is 11.1 Å². The Balaban J connectivity index is 1.23. The number of amides is 3. The molecule has 0 spiro atoms. The van der Waals surface area contributed by atoms with E-state index in [0.717, 1.165) is 28.5 Å². The Hall–Kier alpha value is -5.70. The zero-order chi connectivity index (χ0) is 38.3. The quantitative estimate of drug-likeness (QED) is 0.223. The molecule has 4 aliphatic rings. The van der Waals surface area contributed by atoms with E-state index in [0.29, 0.717) is 60.8 Å². The highest BCUT2D eigenvalue weighted by Gasteiger charge is 2.49. The number of fused-ring (bicyclic) bond motifs is 3. The van der Waals surface area contributed by atoms with Crippen molar-refractivity contribution in [2.45, 2.75) is 87.8 Å². The van der Waals surface area contributed by atoms with E-state index in [-0.39, 0.29) is 30.9 Å². The molecule has 2 unspecified atom stereocenters. The minimum atomic E-state index is -3.93. The van der Waals surface area contributed by atoms with Crippen LogP contribution in [0.15, 0.2) is 83.0 Å². The number of para-hydroxylation sites is 2. The number of aliphatic imine (C=N–C) groups is 1. The van der Waals surface area contributed by atoms with E-state index >= 15 is 0 Å². The summed E-state index contributed by atoms with van der Waals surface area (Å²) in [5.74, 6) is -2.76.